The molecule has 1 N–H and O–H groups in total. The fourth-order valence-electron chi connectivity index (χ4n) is 1.36. The summed E-state index contributed by atoms with van der Waals surface area (Å²) in [6, 6.07) is 5.56. The van der Waals surface area contributed by atoms with E-state index in [1.807, 2.05) is 6.08 Å². The van der Waals surface area contributed by atoms with Crippen LogP contribution in [0.4, 0.5) is 5.69 Å². The van der Waals surface area contributed by atoms with Gasteiger partial charge in [-0.25, -0.2) is 10.0 Å². The lowest BCUT2D eigenvalue weighted by atomic mass is 10.2. The van der Waals surface area contributed by atoms with E-state index in [1.165, 1.54) is 24.3 Å². The van der Waals surface area contributed by atoms with Crippen LogP contribution in [0.5, 0.6) is 0 Å². The molecule has 0 bridgehead atoms. The van der Waals surface area contributed by atoms with Gasteiger partial charge in [0.15, 0.2) is 0 Å². The molecule has 0 aromatic heterocycles. The number of nitrogens with zero attached hydrogens (tertiary/aromatic N) is 1. The number of carbonyl (C=O) groups excluding carboxylic acids is 1. The second-order valence-corrected chi connectivity index (χ2v) is 3.74. The highest BCUT2D eigenvalue weighted by atomic mass is 16.6. The van der Waals surface area contributed by atoms with Gasteiger partial charge in [-0.3, -0.25) is 0 Å². The quantitative estimate of drug-likeness (QED) is 0.349. The fraction of sp³-hybridized carbons (Fsp3) is 0.308. The minimum absolute atomic E-state index is 0.0672. The molecule has 0 heterocycles. The van der Waals surface area contributed by atoms with Crippen molar-refractivity contribution in [3.8, 4) is 0 Å². The standard InChI is InChI=1S/C13H16NO4/c1-2-3-4-5-10-18-13(15)11-6-8-12(9-7-11)14(16)17/h2,6-9H,1,3-5,10H2,(H,16,17)/q+1. The summed E-state index contributed by atoms with van der Waals surface area (Å²) in [5.74, 6) is -0.435. The molecule has 96 valence electrons. The van der Waals surface area contributed by atoms with E-state index in [0.29, 0.717) is 12.2 Å². The zero-order valence-electron chi connectivity index (χ0n) is 10.0. The van der Waals surface area contributed by atoms with Gasteiger partial charge in [-0.05, 0) is 31.4 Å². The van der Waals surface area contributed by atoms with Gasteiger partial charge in [0.25, 0.3) is 4.92 Å². The van der Waals surface area contributed by atoms with Crippen molar-refractivity contribution in [1.82, 2.24) is 0 Å². The average molecular weight is 250 g/mol. The van der Waals surface area contributed by atoms with Crippen LogP contribution in [0, 0.1) is 4.91 Å². The molecule has 0 atom stereocenters. The van der Waals surface area contributed by atoms with Crippen molar-refractivity contribution in [1.29, 1.82) is 0 Å². The third-order valence-electron chi connectivity index (χ3n) is 2.36. The van der Waals surface area contributed by atoms with E-state index in [0.717, 1.165) is 19.3 Å². The Morgan fingerprint density at radius 2 is 2.00 bits per heavy atom. The van der Waals surface area contributed by atoms with E-state index in [4.69, 9.17) is 9.94 Å². The number of unbranched alkanes of at least 4 members (excludes halogenated alkanes) is 2. The van der Waals surface area contributed by atoms with Gasteiger partial charge < -0.3 is 4.74 Å². The lowest BCUT2D eigenvalue weighted by Gasteiger charge is -2.03. The molecule has 0 spiro atoms. The van der Waals surface area contributed by atoms with Gasteiger partial charge >= 0.3 is 11.7 Å². The number of carbonyl (C=O) groups is 1. The summed E-state index contributed by atoms with van der Waals surface area (Å²) in [4.78, 5) is 21.8. The molecule has 0 aliphatic rings. The smallest absolute Gasteiger partial charge is 0.338 e. The van der Waals surface area contributed by atoms with Crippen molar-refractivity contribution in [3.05, 3.63) is 47.4 Å². The van der Waals surface area contributed by atoms with Gasteiger partial charge in [0, 0.05) is 12.1 Å². The first kappa shape index (κ1) is 13.9. The number of hydrogen-bond acceptors (Lipinski definition) is 3. The van der Waals surface area contributed by atoms with E-state index in [1.54, 1.807) is 0 Å². The molecule has 0 radical (unpaired) electrons. The van der Waals surface area contributed by atoms with Crippen LogP contribution < -0.4 is 0 Å². The summed E-state index contributed by atoms with van der Waals surface area (Å²) >= 11 is 0. The maximum absolute atomic E-state index is 11.6. The Labute approximate surface area is 105 Å². The van der Waals surface area contributed by atoms with Gasteiger partial charge in [0.2, 0.25) is 0 Å². The van der Waals surface area contributed by atoms with Crippen molar-refractivity contribution < 1.29 is 19.7 Å². The van der Waals surface area contributed by atoms with Gasteiger partial charge in [-0.15, -0.1) is 6.58 Å². The van der Waals surface area contributed by atoms with E-state index >= 15 is 0 Å². The second kappa shape index (κ2) is 7.21. The van der Waals surface area contributed by atoms with Crippen LogP contribution >= 0.6 is 0 Å². The summed E-state index contributed by atoms with van der Waals surface area (Å²) in [5.41, 5.74) is 0.418. The van der Waals surface area contributed by atoms with Crippen LogP contribution in [0.3, 0.4) is 0 Å². The third kappa shape index (κ3) is 4.37. The van der Waals surface area contributed by atoms with Gasteiger partial charge in [-0.1, -0.05) is 6.08 Å². The summed E-state index contributed by atoms with van der Waals surface area (Å²) in [5, 5.41) is 8.63. The Kier molecular flexibility index (Phi) is 5.57. The topological polar surface area (TPSA) is 66.6 Å². The summed E-state index contributed by atoms with van der Waals surface area (Å²) in [7, 11) is 0. The highest BCUT2D eigenvalue weighted by Crippen LogP contribution is 2.12. The Morgan fingerprint density at radius 3 is 2.56 bits per heavy atom. The number of rotatable bonds is 7. The molecule has 0 aliphatic heterocycles. The SMILES string of the molecule is C=CCCCCOC(=O)c1ccc([N+](=O)O)cc1. The minimum atomic E-state index is -0.435. The molecule has 0 saturated carbocycles. The Hall–Kier alpha value is -2.17. The average Bonchev–Trinajstić information content (AvgIpc) is 2.38. The van der Waals surface area contributed by atoms with Crippen LogP contribution in [0.2, 0.25) is 0 Å². The number of ether oxygens (including phenoxy) is 1. The molecule has 1 aromatic rings. The summed E-state index contributed by atoms with van der Waals surface area (Å²) < 4.78 is 5.05. The largest absolute Gasteiger partial charge is 0.462 e. The van der Waals surface area contributed by atoms with E-state index in [2.05, 4.69) is 6.58 Å². The molecule has 0 unspecified atom stereocenters. The minimum Gasteiger partial charge on any atom is -0.462 e. The first-order chi connectivity index (χ1) is 8.65. The number of benzene rings is 1. The first-order valence-corrected chi connectivity index (χ1v) is 5.69. The highest BCUT2D eigenvalue weighted by molar-refractivity contribution is 5.89. The lowest BCUT2D eigenvalue weighted by Crippen LogP contribution is -2.06. The van der Waals surface area contributed by atoms with Gasteiger partial charge in [0.1, 0.15) is 0 Å². The molecule has 0 saturated heterocycles. The second-order valence-electron chi connectivity index (χ2n) is 3.74. The molecule has 1 rings (SSSR count). The molecular formula is C13H16NO4+. The summed E-state index contributed by atoms with van der Waals surface area (Å²) in [6.07, 6.45) is 4.46. The molecule has 5 heteroatoms. The van der Waals surface area contributed by atoms with Crippen molar-refractivity contribution in [3.63, 3.8) is 0 Å². The Bertz CT molecular complexity index is 425. The Balaban J connectivity index is 2.41. The predicted molar refractivity (Wildman–Crippen MR) is 65.8 cm³/mol. The maximum Gasteiger partial charge on any atom is 0.338 e. The number of esters is 1. The van der Waals surface area contributed by atoms with Crippen LogP contribution in [0.1, 0.15) is 29.6 Å². The van der Waals surface area contributed by atoms with Crippen molar-refractivity contribution in [2.24, 2.45) is 0 Å². The molecule has 0 amide bonds. The summed E-state index contributed by atoms with van der Waals surface area (Å²) in [6.45, 7) is 3.97. The predicted octanol–water partition coefficient (Wildman–Crippen LogP) is 3.00. The van der Waals surface area contributed by atoms with Gasteiger partial charge in [0.05, 0.1) is 17.1 Å². The molecule has 1 aromatic carbocycles. The molecule has 0 aliphatic carbocycles. The third-order valence-corrected chi connectivity index (χ3v) is 2.36. The monoisotopic (exact) mass is 250 g/mol. The normalized spacial score (nSPS) is 9.78. The van der Waals surface area contributed by atoms with Crippen LogP contribution in [0.15, 0.2) is 36.9 Å². The fourth-order valence-corrected chi connectivity index (χ4v) is 1.36. The molecule has 5 nitrogen and oxygen atoms in total. The van der Waals surface area contributed by atoms with Crippen LogP contribution in [-0.2, 0) is 4.74 Å². The number of hydrogen-bond donors (Lipinski definition) is 1. The van der Waals surface area contributed by atoms with E-state index < -0.39 is 5.97 Å². The van der Waals surface area contributed by atoms with Gasteiger partial charge in [-0.2, -0.15) is 0 Å². The molecular weight excluding hydrogens is 234 g/mol. The van der Waals surface area contributed by atoms with Crippen molar-refractivity contribution >= 4 is 11.7 Å². The molecule has 0 fully saturated rings. The van der Waals surface area contributed by atoms with Crippen LogP contribution in [-0.4, -0.2) is 22.7 Å². The van der Waals surface area contributed by atoms with Crippen molar-refractivity contribution in [2.45, 2.75) is 19.3 Å². The lowest BCUT2D eigenvalue weighted by molar-refractivity contribution is -0.729. The Morgan fingerprint density at radius 1 is 1.33 bits per heavy atom. The zero-order chi connectivity index (χ0) is 13.4. The van der Waals surface area contributed by atoms with Crippen molar-refractivity contribution in [2.75, 3.05) is 6.61 Å². The molecule has 18 heavy (non-hydrogen) atoms. The van der Waals surface area contributed by atoms with E-state index in [-0.39, 0.29) is 10.6 Å². The first-order valence-electron chi connectivity index (χ1n) is 5.69. The highest BCUT2D eigenvalue weighted by Gasteiger charge is 2.13. The maximum atomic E-state index is 11.6. The van der Waals surface area contributed by atoms with E-state index in [9.17, 15) is 9.70 Å². The zero-order valence-corrected chi connectivity index (χ0v) is 10.0. The van der Waals surface area contributed by atoms with Crippen LogP contribution in [0.25, 0.3) is 0 Å². The number of allylic oxidation sites excluding steroid dienone is 1.